The second-order valence-corrected chi connectivity index (χ2v) is 3.92. The summed E-state index contributed by atoms with van der Waals surface area (Å²) in [6.45, 7) is 3.48. The van der Waals surface area contributed by atoms with Crippen LogP contribution in [-0.4, -0.2) is 53.2 Å². The number of nitrogens with one attached hydrogen (secondary N) is 2. The van der Waals surface area contributed by atoms with Crippen LogP contribution in [0.1, 0.15) is 6.42 Å². The summed E-state index contributed by atoms with van der Waals surface area (Å²) >= 11 is 0. The maximum absolute atomic E-state index is 11.6. The molecule has 1 fully saturated rings. The van der Waals surface area contributed by atoms with Crippen molar-refractivity contribution < 1.29 is 9.53 Å². The quantitative estimate of drug-likeness (QED) is 0.672. The maximum atomic E-state index is 11.6. The molecule has 0 bridgehead atoms. The highest BCUT2D eigenvalue weighted by atomic mass is 16.5. The SMILES string of the molecule is O=C(CC1CNCCO1)NCCn1ccnn1. The van der Waals surface area contributed by atoms with Gasteiger partial charge in [-0.1, -0.05) is 5.21 Å². The second kappa shape index (κ2) is 6.31. The van der Waals surface area contributed by atoms with Gasteiger partial charge in [-0.3, -0.25) is 9.48 Å². The second-order valence-electron chi connectivity index (χ2n) is 3.92. The number of rotatable bonds is 5. The standard InChI is InChI=1S/C10H17N5O2/c16-10(7-9-8-11-3-6-17-9)12-1-4-15-5-2-13-14-15/h2,5,9,11H,1,3-4,6-8H2,(H,12,16). The summed E-state index contributed by atoms with van der Waals surface area (Å²) in [6, 6.07) is 0. The van der Waals surface area contributed by atoms with Gasteiger partial charge in [-0.05, 0) is 0 Å². The molecular weight excluding hydrogens is 222 g/mol. The zero-order valence-corrected chi connectivity index (χ0v) is 9.63. The summed E-state index contributed by atoms with van der Waals surface area (Å²) in [4.78, 5) is 11.6. The van der Waals surface area contributed by atoms with Crippen molar-refractivity contribution in [2.24, 2.45) is 0 Å². The Morgan fingerprint density at radius 3 is 3.29 bits per heavy atom. The van der Waals surface area contributed by atoms with Gasteiger partial charge in [-0.15, -0.1) is 5.10 Å². The highest BCUT2D eigenvalue weighted by molar-refractivity contribution is 5.76. The molecule has 1 atom stereocenters. The fourth-order valence-corrected chi connectivity index (χ4v) is 1.69. The van der Waals surface area contributed by atoms with Gasteiger partial charge in [0.1, 0.15) is 0 Å². The lowest BCUT2D eigenvalue weighted by molar-refractivity contribution is -0.124. The number of aromatic nitrogens is 3. The predicted molar refractivity (Wildman–Crippen MR) is 60.3 cm³/mol. The van der Waals surface area contributed by atoms with E-state index in [2.05, 4.69) is 20.9 Å². The van der Waals surface area contributed by atoms with Crippen LogP contribution in [0.25, 0.3) is 0 Å². The van der Waals surface area contributed by atoms with Crippen LogP contribution in [0, 0.1) is 0 Å². The van der Waals surface area contributed by atoms with Crippen LogP contribution < -0.4 is 10.6 Å². The van der Waals surface area contributed by atoms with Gasteiger partial charge < -0.3 is 15.4 Å². The molecule has 17 heavy (non-hydrogen) atoms. The van der Waals surface area contributed by atoms with Crippen molar-refractivity contribution in [2.45, 2.75) is 19.1 Å². The number of hydrogen-bond donors (Lipinski definition) is 2. The minimum Gasteiger partial charge on any atom is -0.375 e. The average molecular weight is 239 g/mol. The van der Waals surface area contributed by atoms with Crippen molar-refractivity contribution in [3.05, 3.63) is 12.4 Å². The molecule has 1 aromatic rings. The third-order valence-electron chi connectivity index (χ3n) is 2.55. The number of carbonyl (C=O) groups excluding carboxylic acids is 1. The Hall–Kier alpha value is -1.47. The first-order valence-corrected chi connectivity index (χ1v) is 5.78. The normalized spacial score (nSPS) is 20.1. The highest BCUT2D eigenvalue weighted by Gasteiger charge is 2.16. The fourth-order valence-electron chi connectivity index (χ4n) is 1.69. The zero-order valence-electron chi connectivity index (χ0n) is 9.63. The van der Waals surface area contributed by atoms with Gasteiger partial charge in [-0.2, -0.15) is 0 Å². The van der Waals surface area contributed by atoms with Gasteiger partial charge in [0.25, 0.3) is 0 Å². The van der Waals surface area contributed by atoms with Gasteiger partial charge in [-0.25, -0.2) is 0 Å². The third-order valence-corrected chi connectivity index (χ3v) is 2.55. The first-order valence-electron chi connectivity index (χ1n) is 5.78. The Morgan fingerprint density at radius 1 is 1.65 bits per heavy atom. The molecular formula is C10H17N5O2. The lowest BCUT2D eigenvalue weighted by Crippen LogP contribution is -2.41. The van der Waals surface area contributed by atoms with E-state index >= 15 is 0 Å². The monoisotopic (exact) mass is 239 g/mol. The smallest absolute Gasteiger partial charge is 0.222 e. The molecule has 94 valence electrons. The molecule has 1 amide bonds. The van der Waals surface area contributed by atoms with E-state index in [1.807, 2.05) is 0 Å². The molecule has 0 radical (unpaired) electrons. The Morgan fingerprint density at radius 2 is 2.59 bits per heavy atom. The Bertz CT molecular complexity index is 334. The summed E-state index contributed by atoms with van der Waals surface area (Å²) in [5.74, 6) is 0.0128. The van der Waals surface area contributed by atoms with E-state index in [1.165, 1.54) is 0 Å². The van der Waals surface area contributed by atoms with E-state index in [-0.39, 0.29) is 12.0 Å². The van der Waals surface area contributed by atoms with Gasteiger partial charge in [0.2, 0.25) is 5.91 Å². The van der Waals surface area contributed by atoms with Crippen LogP contribution in [0.5, 0.6) is 0 Å². The van der Waals surface area contributed by atoms with Crippen LogP contribution in [0.4, 0.5) is 0 Å². The van der Waals surface area contributed by atoms with E-state index in [0.29, 0.717) is 26.1 Å². The number of nitrogens with zero attached hydrogens (tertiary/aromatic N) is 3. The molecule has 0 spiro atoms. The summed E-state index contributed by atoms with van der Waals surface area (Å²) in [5, 5.41) is 13.5. The Labute approximate surface area is 99.5 Å². The van der Waals surface area contributed by atoms with Crippen LogP contribution in [0.15, 0.2) is 12.4 Å². The molecule has 2 heterocycles. The minimum absolute atomic E-state index is 0.00452. The van der Waals surface area contributed by atoms with Gasteiger partial charge in [0.05, 0.1) is 31.9 Å². The Balaban J connectivity index is 1.60. The van der Waals surface area contributed by atoms with Crippen molar-refractivity contribution in [1.82, 2.24) is 25.6 Å². The van der Waals surface area contributed by atoms with Crippen LogP contribution >= 0.6 is 0 Å². The molecule has 0 aliphatic carbocycles. The van der Waals surface area contributed by atoms with Crippen molar-refractivity contribution in [2.75, 3.05) is 26.2 Å². The topological polar surface area (TPSA) is 81.1 Å². The molecule has 2 rings (SSSR count). The zero-order chi connectivity index (χ0) is 11.9. The first kappa shape index (κ1) is 12.0. The molecule has 1 aromatic heterocycles. The number of carbonyl (C=O) groups is 1. The van der Waals surface area contributed by atoms with Crippen molar-refractivity contribution in [1.29, 1.82) is 0 Å². The molecule has 1 aliphatic heterocycles. The van der Waals surface area contributed by atoms with Crippen LogP contribution in [0.2, 0.25) is 0 Å². The van der Waals surface area contributed by atoms with E-state index in [0.717, 1.165) is 13.1 Å². The first-order chi connectivity index (χ1) is 8.34. The molecule has 1 unspecified atom stereocenters. The maximum Gasteiger partial charge on any atom is 0.222 e. The Kier molecular flexibility index (Phi) is 4.45. The van der Waals surface area contributed by atoms with Crippen LogP contribution in [-0.2, 0) is 16.1 Å². The van der Waals surface area contributed by atoms with Gasteiger partial charge >= 0.3 is 0 Å². The van der Waals surface area contributed by atoms with E-state index < -0.39 is 0 Å². The summed E-state index contributed by atoms with van der Waals surface area (Å²) < 4.78 is 7.13. The average Bonchev–Trinajstić information content (AvgIpc) is 2.83. The molecule has 0 saturated carbocycles. The molecule has 0 aromatic carbocycles. The van der Waals surface area contributed by atoms with Crippen molar-refractivity contribution in [3.63, 3.8) is 0 Å². The lowest BCUT2D eigenvalue weighted by atomic mass is 10.2. The van der Waals surface area contributed by atoms with E-state index in [9.17, 15) is 4.79 Å². The van der Waals surface area contributed by atoms with Gasteiger partial charge in [0.15, 0.2) is 0 Å². The van der Waals surface area contributed by atoms with E-state index in [4.69, 9.17) is 4.74 Å². The predicted octanol–water partition coefficient (Wildman–Crippen LogP) is -1.23. The summed E-state index contributed by atoms with van der Waals surface area (Å²) in [6.07, 6.45) is 3.78. The molecule has 7 nitrogen and oxygen atoms in total. The van der Waals surface area contributed by atoms with Crippen molar-refractivity contribution >= 4 is 5.91 Å². The van der Waals surface area contributed by atoms with E-state index in [1.54, 1.807) is 17.1 Å². The highest BCUT2D eigenvalue weighted by Crippen LogP contribution is 2.00. The molecule has 7 heteroatoms. The number of morpholine rings is 1. The largest absolute Gasteiger partial charge is 0.375 e. The fraction of sp³-hybridized carbons (Fsp3) is 0.700. The molecule has 1 aliphatic rings. The summed E-state index contributed by atoms with van der Waals surface area (Å²) in [5.41, 5.74) is 0. The summed E-state index contributed by atoms with van der Waals surface area (Å²) in [7, 11) is 0. The molecule has 1 saturated heterocycles. The molecule has 2 N–H and O–H groups in total. The lowest BCUT2D eigenvalue weighted by Gasteiger charge is -2.22. The minimum atomic E-state index is -0.00452. The third kappa shape index (κ3) is 4.12. The van der Waals surface area contributed by atoms with Crippen molar-refractivity contribution in [3.8, 4) is 0 Å². The van der Waals surface area contributed by atoms with Gasteiger partial charge in [0, 0.05) is 25.8 Å². The number of hydrogen-bond acceptors (Lipinski definition) is 5. The van der Waals surface area contributed by atoms with Crippen LogP contribution in [0.3, 0.4) is 0 Å². The number of amides is 1. The number of ether oxygens (including phenoxy) is 1.